The van der Waals surface area contributed by atoms with Gasteiger partial charge in [0.05, 0.1) is 26.4 Å². The Labute approximate surface area is 129 Å². The summed E-state index contributed by atoms with van der Waals surface area (Å²) in [7, 11) is 0. The summed E-state index contributed by atoms with van der Waals surface area (Å²) in [6, 6.07) is 1.69. The van der Waals surface area contributed by atoms with E-state index in [1.54, 1.807) is 12.3 Å². The lowest BCUT2D eigenvalue weighted by Crippen LogP contribution is -2.59. The predicted octanol–water partition coefficient (Wildman–Crippen LogP) is 0.139. The van der Waals surface area contributed by atoms with Crippen LogP contribution >= 0.6 is 0 Å². The van der Waals surface area contributed by atoms with Crippen LogP contribution in [0.15, 0.2) is 24.9 Å². The van der Waals surface area contributed by atoms with Crippen LogP contribution in [0.5, 0.6) is 0 Å². The number of carbonyl (C=O) groups is 1. The Bertz CT molecular complexity index is 519. The van der Waals surface area contributed by atoms with Gasteiger partial charge in [-0.1, -0.05) is 6.08 Å². The summed E-state index contributed by atoms with van der Waals surface area (Å²) in [4.78, 5) is 16.6. The molecule has 120 valence electrons. The van der Waals surface area contributed by atoms with Gasteiger partial charge in [0.1, 0.15) is 11.3 Å². The topological polar surface area (TPSA) is 70.7 Å². The van der Waals surface area contributed by atoms with E-state index in [-0.39, 0.29) is 5.91 Å². The fourth-order valence-electron chi connectivity index (χ4n) is 3.07. The summed E-state index contributed by atoms with van der Waals surface area (Å²) in [6.45, 7) is 9.00. The Morgan fingerprint density at radius 1 is 1.45 bits per heavy atom. The number of amides is 1. The largest absolute Gasteiger partial charge is 0.377 e. The predicted molar refractivity (Wildman–Crippen MR) is 80.6 cm³/mol. The number of carbonyl (C=O) groups excluding carboxylic acids is 1. The standard InChI is InChI=1S/C15H22N4O3/c1-2-5-18-6-8-21-12-15(10-18)11-19(7-9-22-15)14(20)13-3-4-16-17-13/h2-4H,1,5-12H2,(H,16,17)/t15-/m1/s1. The van der Waals surface area contributed by atoms with Crippen LogP contribution in [0, 0.1) is 0 Å². The van der Waals surface area contributed by atoms with Crippen LogP contribution in [-0.4, -0.2) is 84.0 Å². The monoisotopic (exact) mass is 306 g/mol. The third-order valence-corrected chi connectivity index (χ3v) is 4.08. The number of rotatable bonds is 3. The summed E-state index contributed by atoms with van der Waals surface area (Å²) in [6.07, 6.45) is 3.47. The summed E-state index contributed by atoms with van der Waals surface area (Å²) >= 11 is 0. The molecule has 1 spiro atoms. The number of morpholine rings is 1. The first-order valence-electron chi connectivity index (χ1n) is 7.56. The quantitative estimate of drug-likeness (QED) is 0.804. The third kappa shape index (κ3) is 3.21. The van der Waals surface area contributed by atoms with Gasteiger partial charge in [-0.15, -0.1) is 6.58 Å². The minimum Gasteiger partial charge on any atom is -0.377 e. The number of aromatic nitrogens is 2. The molecule has 0 bridgehead atoms. The van der Waals surface area contributed by atoms with Crippen molar-refractivity contribution in [3.05, 3.63) is 30.6 Å². The number of ether oxygens (including phenoxy) is 2. The average Bonchev–Trinajstić information content (AvgIpc) is 2.99. The molecule has 2 aliphatic heterocycles. The van der Waals surface area contributed by atoms with Gasteiger partial charge in [-0.2, -0.15) is 5.10 Å². The van der Waals surface area contributed by atoms with Gasteiger partial charge in [-0.3, -0.25) is 14.8 Å². The van der Waals surface area contributed by atoms with E-state index >= 15 is 0 Å². The minimum atomic E-state index is -0.465. The van der Waals surface area contributed by atoms with Crippen LogP contribution in [0.25, 0.3) is 0 Å². The van der Waals surface area contributed by atoms with Gasteiger partial charge >= 0.3 is 0 Å². The summed E-state index contributed by atoms with van der Waals surface area (Å²) in [5.74, 6) is -0.0420. The molecule has 1 atom stereocenters. The number of hydrogen-bond acceptors (Lipinski definition) is 5. The molecule has 0 aliphatic carbocycles. The smallest absolute Gasteiger partial charge is 0.272 e. The Kier molecular flexibility index (Phi) is 4.56. The molecule has 0 aromatic carbocycles. The number of nitrogens with zero attached hydrogens (tertiary/aromatic N) is 3. The highest BCUT2D eigenvalue weighted by Crippen LogP contribution is 2.23. The summed E-state index contributed by atoms with van der Waals surface area (Å²) in [5.41, 5.74) is 0.0440. The zero-order valence-electron chi connectivity index (χ0n) is 12.7. The molecule has 1 aromatic rings. The second-order valence-electron chi connectivity index (χ2n) is 5.80. The van der Waals surface area contributed by atoms with Crippen molar-refractivity contribution in [1.29, 1.82) is 0 Å². The number of H-pyrrole nitrogens is 1. The molecule has 2 fully saturated rings. The second kappa shape index (κ2) is 6.60. The van der Waals surface area contributed by atoms with Crippen molar-refractivity contribution in [1.82, 2.24) is 20.0 Å². The normalized spacial score (nSPS) is 26.8. The average molecular weight is 306 g/mol. The summed E-state index contributed by atoms with van der Waals surface area (Å²) in [5, 5.41) is 6.58. The van der Waals surface area contributed by atoms with Crippen LogP contribution in [0.4, 0.5) is 0 Å². The zero-order valence-corrected chi connectivity index (χ0v) is 12.7. The molecule has 7 heteroatoms. The van der Waals surface area contributed by atoms with Gasteiger partial charge in [-0.25, -0.2) is 0 Å². The first-order valence-corrected chi connectivity index (χ1v) is 7.56. The van der Waals surface area contributed by atoms with E-state index in [1.165, 1.54) is 0 Å². The van der Waals surface area contributed by atoms with E-state index in [9.17, 15) is 4.79 Å². The highest BCUT2D eigenvalue weighted by atomic mass is 16.5. The molecule has 2 saturated heterocycles. The van der Waals surface area contributed by atoms with Crippen molar-refractivity contribution in [3.63, 3.8) is 0 Å². The van der Waals surface area contributed by atoms with Crippen LogP contribution in [0.2, 0.25) is 0 Å². The Hall–Kier alpha value is -1.70. The maximum atomic E-state index is 12.5. The highest BCUT2D eigenvalue weighted by molar-refractivity contribution is 5.92. The van der Waals surface area contributed by atoms with Crippen molar-refractivity contribution in [2.75, 3.05) is 52.5 Å². The van der Waals surface area contributed by atoms with E-state index in [1.807, 2.05) is 11.0 Å². The molecule has 0 saturated carbocycles. The molecule has 1 N–H and O–H groups in total. The van der Waals surface area contributed by atoms with Crippen LogP contribution < -0.4 is 0 Å². The van der Waals surface area contributed by atoms with Gasteiger partial charge in [-0.05, 0) is 6.07 Å². The van der Waals surface area contributed by atoms with Crippen LogP contribution in [0.3, 0.4) is 0 Å². The molecule has 2 aliphatic rings. The van der Waals surface area contributed by atoms with Crippen molar-refractivity contribution < 1.29 is 14.3 Å². The first kappa shape index (κ1) is 15.2. The molecule has 0 unspecified atom stereocenters. The molecule has 1 aromatic heterocycles. The number of nitrogens with one attached hydrogen (secondary N) is 1. The van der Waals surface area contributed by atoms with Crippen molar-refractivity contribution in [2.24, 2.45) is 0 Å². The third-order valence-electron chi connectivity index (χ3n) is 4.08. The SMILES string of the molecule is C=CCN1CCOC[C@@]2(C1)CN(C(=O)c1ccn[nH]1)CCO2. The van der Waals surface area contributed by atoms with Crippen molar-refractivity contribution in [3.8, 4) is 0 Å². The van der Waals surface area contributed by atoms with E-state index in [2.05, 4.69) is 21.7 Å². The number of hydrogen-bond donors (Lipinski definition) is 1. The fourth-order valence-corrected chi connectivity index (χ4v) is 3.07. The second-order valence-corrected chi connectivity index (χ2v) is 5.80. The molecular formula is C15H22N4O3. The van der Waals surface area contributed by atoms with E-state index in [4.69, 9.17) is 9.47 Å². The van der Waals surface area contributed by atoms with Gasteiger partial charge in [0.25, 0.3) is 5.91 Å². The maximum Gasteiger partial charge on any atom is 0.272 e. The Morgan fingerprint density at radius 3 is 3.14 bits per heavy atom. The summed E-state index contributed by atoms with van der Waals surface area (Å²) < 4.78 is 11.8. The lowest BCUT2D eigenvalue weighted by Gasteiger charge is -2.43. The zero-order chi connectivity index (χ0) is 15.4. The molecule has 22 heavy (non-hydrogen) atoms. The van der Waals surface area contributed by atoms with E-state index in [0.29, 0.717) is 38.6 Å². The van der Waals surface area contributed by atoms with Gasteiger partial charge in [0.15, 0.2) is 0 Å². The maximum absolute atomic E-state index is 12.5. The fraction of sp³-hybridized carbons (Fsp3) is 0.600. The molecule has 1 amide bonds. The molecule has 7 nitrogen and oxygen atoms in total. The lowest BCUT2D eigenvalue weighted by atomic mass is 10.0. The Morgan fingerprint density at radius 2 is 2.36 bits per heavy atom. The van der Waals surface area contributed by atoms with Crippen LogP contribution in [-0.2, 0) is 9.47 Å². The number of aromatic amines is 1. The van der Waals surface area contributed by atoms with E-state index < -0.39 is 5.60 Å². The van der Waals surface area contributed by atoms with E-state index in [0.717, 1.165) is 19.6 Å². The Balaban J connectivity index is 1.72. The minimum absolute atomic E-state index is 0.0420. The molecular weight excluding hydrogens is 284 g/mol. The van der Waals surface area contributed by atoms with Gasteiger partial charge in [0.2, 0.25) is 0 Å². The van der Waals surface area contributed by atoms with Crippen molar-refractivity contribution >= 4 is 5.91 Å². The molecule has 3 rings (SSSR count). The van der Waals surface area contributed by atoms with Gasteiger partial charge in [0, 0.05) is 32.4 Å². The van der Waals surface area contributed by atoms with Crippen LogP contribution in [0.1, 0.15) is 10.5 Å². The molecule has 0 radical (unpaired) electrons. The molecule has 3 heterocycles. The van der Waals surface area contributed by atoms with Crippen molar-refractivity contribution in [2.45, 2.75) is 5.60 Å². The lowest BCUT2D eigenvalue weighted by molar-refractivity contribution is -0.132. The van der Waals surface area contributed by atoms with Gasteiger partial charge < -0.3 is 14.4 Å². The highest BCUT2D eigenvalue weighted by Gasteiger charge is 2.41. The first-order chi connectivity index (χ1) is 10.7.